The number of thiophene rings is 1. The second-order valence-corrected chi connectivity index (χ2v) is 4.08. The quantitative estimate of drug-likeness (QED) is 0.726. The first-order valence-corrected chi connectivity index (χ1v) is 6.05. The normalized spacial score (nSPS) is 9.75. The van der Waals surface area contributed by atoms with E-state index in [0.717, 1.165) is 22.4 Å². The number of rotatable bonds is 3. The van der Waals surface area contributed by atoms with E-state index in [0.29, 0.717) is 6.61 Å². The van der Waals surface area contributed by atoms with Gasteiger partial charge in [0.2, 0.25) is 0 Å². The van der Waals surface area contributed by atoms with Gasteiger partial charge in [0.1, 0.15) is 5.75 Å². The molecule has 80 valence electrons. The van der Waals surface area contributed by atoms with E-state index < -0.39 is 0 Å². The van der Waals surface area contributed by atoms with E-state index in [1.54, 1.807) is 11.3 Å². The average Bonchev–Trinajstić information content (AvgIpc) is 2.83. The van der Waals surface area contributed by atoms with Crippen LogP contribution in [0.2, 0.25) is 0 Å². The zero-order valence-electron chi connectivity index (χ0n) is 9.07. The molecule has 0 atom stereocenters. The maximum absolute atomic E-state index is 5.60. The molecular formula is C14H12OS. The fourth-order valence-corrected chi connectivity index (χ4v) is 2.20. The van der Waals surface area contributed by atoms with E-state index >= 15 is 0 Å². The summed E-state index contributed by atoms with van der Waals surface area (Å²) in [5.74, 6) is 3.54. The molecule has 16 heavy (non-hydrogen) atoms. The van der Waals surface area contributed by atoms with Gasteiger partial charge in [0.15, 0.2) is 0 Å². The van der Waals surface area contributed by atoms with Crippen LogP contribution in [0.15, 0.2) is 35.0 Å². The smallest absolute Gasteiger partial charge is 0.127 e. The zero-order chi connectivity index (χ0) is 11.4. The molecule has 0 N–H and O–H groups in total. The SMILES string of the molecule is C#Cc1ccc(OCC)c(-c2ccsc2)c1. The van der Waals surface area contributed by atoms with Crippen LogP contribution in [0.5, 0.6) is 5.75 Å². The third-order valence-corrected chi connectivity index (χ3v) is 2.96. The van der Waals surface area contributed by atoms with Crippen molar-refractivity contribution in [2.75, 3.05) is 6.61 Å². The summed E-state index contributed by atoms with van der Waals surface area (Å²) in [6, 6.07) is 7.91. The van der Waals surface area contributed by atoms with Crippen LogP contribution in [-0.4, -0.2) is 6.61 Å². The van der Waals surface area contributed by atoms with Crippen molar-refractivity contribution in [3.8, 4) is 29.2 Å². The summed E-state index contributed by atoms with van der Waals surface area (Å²) in [5.41, 5.74) is 3.11. The van der Waals surface area contributed by atoms with Gasteiger partial charge in [-0.1, -0.05) is 5.92 Å². The Bertz CT molecular complexity index is 506. The van der Waals surface area contributed by atoms with Gasteiger partial charge in [0.25, 0.3) is 0 Å². The summed E-state index contributed by atoms with van der Waals surface area (Å²) in [7, 11) is 0. The standard InChI is InChI=1S/C14H12OS/c1-3-11-5-6-14(15-4-2)13(9-11)12-7-8-16-10-12/h1,5-10H,4H2,2H3. The van der Waals surface area contributed by atoms with Gasteiger partial charge < -0.3 is 4.74 Å². The number of ether oxygens (including phenoxy) is 1. The van der Waals surface area contributed by atoms with E-state index in [9.17, 15) is 0 Å². The van der Waals surface area contributed by atoms with Gasteiger partial charge in [-0.15, -0.1) is 6.42 Å². The Morgan fingerprint density at radius 2 is 2.25 bits per heavy atom. The lowest BCUT2D eigenvalue weighted by Crippen LogP contribution is -1.94. The monoisotopic (exact) mass is 228 g/mol. The summed E-state index contributed by atoms with van der Waals surface area (Å²) in [5, 5.41) is 4.14. The highest BCUT2D eigenvalue weighted by Gasteiger charge is 2.07. The van der Waals surface area contributed by atoms with Gasteiger partial charge in [-0.25, -0.2) is 0 Å². The zero-order valence-corrected chi connectivity index (χ0v) is 9.88. The van der Waals surface area contributed by atoms with Crippen molar-refractivity contribution in [1.82, 2.24) is 0 Å². The Balaban J connectivity index is 2.51. The van der Waals surface area contributed by atoms with E-state index in [2.05, 4.69) is 17.4 Å². The van der Waals surface area contributed by atoms with Crippen molar-refractivity contribution >= 4 is 11.3 Å². The number of hydrogen-bond donors (Lipinski definition) is 0. The molecule has 0 fully saturated rings. The first-order chi connectivity index (χ1) is 7.85. The van der Waals surface area contributed by atoms with Gasteiger partial charge in [0.05, 0.1) is 6.61 Å². The molecule has 0 saturated carbocycles. The predicted octanol–water partition coefficient (Wildman–Crippen LogP) is 3.80. The number of terminal acetylenes is 1. The van der Waals surface area contributed by atoms with E-state index in [4.69, 9.17) is 11.2 Å². The lowest BCUT2D eigenvalue weighted by atomic mass is 10.0. The molecule has 2 heteroatoms. The summed E-state index contributed by atoms with van der Waals surface area (Å²) >= 11 is 1.67. The molecule has 0 aliphatic rings. The molecule has 0 unspecified atom stereocenters. The van der Waals surface area contributed by atoms with Crippen LogP contribution in [-0.2, 0) is 0 Å². The van der Waals surface area contributed by atoms with E-state index in [1.165, 1.54) is 0 Å². The average molecular weight is 228 g/mol. The van der Waals surface area contributed by atoms with Gasteiger partial charge in [0, 0.05) is 11.1 Å². The first kappa shape index (κ1) is 10.8. The van der Waals surface area contributed by atoms with Gasteiger partial charge in [-0.2, -0.15) is 11.3 Å². The van der Waals surface area contributed by atoms with Crippen LogP contribution in [0.3, 0.4) is 0 Å². The Morgan fingerprint density at radius 1 is 1.38 bits per heavy atom. The largest absolute Gasteiger partial charge is 0.493 e. The minimum Gasteiger partial charge on any atom is -0.493 e. The summed E-state index contributed by atoms with van der Waals surface area (Å²) in [4.78, 5) is 0. The summed E-state index contributed by atoms with van der Waals surface area (Å²) < 4.78 is 5.60. The van der Waals surface area contributed by atoms with E-state index in [-0.39, 0.29) is 0 Å². The molecule has 1 heterocycles. The Morgan fingerprint density at radius 3 is 2.88 bits per heavy atom. The molecule has 2 rings (SSSR count). The van der Waals surface area contributed by atoms with Crippen molar-refractivity contribution in [3.05, 3.63) is 40.6 Å². The highest BCUT2D eigenvalue weighted by atomic mass is 32.1. The van der Waals surface area contributed by atoms with Crippen LogP contribution in [0.4, 0.5) is 0 Å². The second kappa shape index (κ2) is 4.87. The van der Waals surface area contributed by atoms with Crippen molar-refractivity contribution in [2.24, 2.45) is 0 Å². The number of hydrogen-bond acceptors (Lipinski definition) is 2. The van der Waals surface area contributed by atoms with Crippen LogP contribution < -0.4 is 4.74 Å². The number of benzene rings is 1. The van der Waals surface area contributed by atoms with Gasteiger partial charge in [-0.05, 0) is 47.5 Å². The van der Waals surface area contributed by atoms with Crippen LogP contribution in [0.25, 0.3) is 11.1 Å². The minimum absolute atomic E-state index is 0.659. The molecule has 0 spiro atoms. The molecule has 2 aromatic rings. The summed E-state index contributed by atoms with van der Waals surface area (Å²) in [6.45, 7) is 2.64. The second-order valence-electron chi connectivity index (χ2n) is 3.30. The lowest BCUT2D eigenvalue weighted by Gasteiger charge is -2.09. The Kier molecular flexibility index (Phi) is 3.28. The highest BCUT2D eigenvalue weighted by Crippen LogP contribution is 2.32. The first-order valence-electron chi connectivity index (χ1n) is 5.11. The molecule has 0 aliphatic heterocycles. The van der Waals surface area contributed by atoms with Crippen LogP contribution in [0.1, 0.15) is 12.5 Å². The maximum Gasteiger partial charge on any atom is 0.127 e. The lowest BCUT2D eigenvalue weighted by molar-refractivity contribution is 0.341. The molecule has 1 aromatic heterocycles. The highest BCUT2D eigenvalue weighted by molar-refractivity contribution is 7.08. The molecular weight excluding hydrogens is 216 g/mol. The van der Waals surface area contributed by atoms with Crippen molar-refractivity contribution in [1.29, 1.82) is 0 Å². The fraction of sp³-hybridized carbons (Fsp3) is 0.143. The van der Waals surface area contributed by atoms with Gasteiger partial charge >= 0.3 is 0 Å². The molecule has 0 aliphatic carbocycles. The maximum atomic E-state index is 5.60. The molecule has 0 radical (unpaired) electrons. The third kappa shape index (κ3) is 2.10. The Hall–Kier alpha value is -1.72. The Labute approximate surface area is 99.7 Å². The molecule has 0 amide bonds. The van der Waals surface area contributed by atoms with Crippen molar-refractivity contribution < 1.29 is 4.74 Å². The molecule has 0 saturated heterocycles. The van der Waals surface area contributed by atoms with Crippen LogP contribution in [0, 0.1) is 12.3 Å². The third-order valence-electron chi connectivity index (χ3n) is 2.28. The predicted molar refractivity (Wildman–Crippen MR) is 68.9 cm³/mol. The van der Waals surface area contributed by atoms with Crippen LogP contribution >= 0.6 is 11.3 Å². The van der Waals surface area contributed by atoms with Gasteiger partial charge in [-0.3, -0.25) is 0 Å². The van der Waals surface area contributed by atoms with Crippen molar-refractivity contribution in [2.45, 2.75) is 6.92 Å². The molecule has 0 bridgehead atoms. The fourth-order valence-electron chi connectivity index (χ4n) is 1.54. The minimum atomic E-state index is 0.659. The molecule has 1 nitrogen and oxygen atoms in total. The van der Waals surface area contributed by atoms with Crippen molar-refractivity contribution in [3.63, 3.8) is 0 Å². The molecule has 1 aromatic carbocycles. The topological polar surface area (TPSA) is 9.23 Å². The van der Waals surface area contributed by atoms with E-state index in [1.807, 2.05) is 30.5 Å². The summed E-state index contributed by atoms with van der Waals surface area (Å²) in [6.07, 6.45) is 5.41.